The lowest BCUT2D eigenvalue weighted by atomic mass is 10.1. The zero-order valence-corrected chi connectivity index (χ0v) is 18.1. The average molecular weight is 431 g/mol. The number of nitrogens with one attached hydrogen (secondary N) is 1. The van der Waals surface area contributed by atoms with Gasteiger partial charge in [-0.3, -0.25) is 14.3 Å². The van der Waals surface area contributed by atoms with E-state index in [4.69, 9.17) is 4.74 Å². The minimum absolute atomic E-state index is 0.00787. The Hall–Kier alpha value is -2.87. The number of rotatable bonds is 7. The molecule has 0 saturated carbocycles. The van der Waals surface area contributed by atoms with Gasteiger partial charge in [0.15, 0.2) is 0 Å². The van der Waals surface area contributed by atoms with Crippen LogP contribution in [0.5, 0.6) is 5.75 Å². The predicted molar refractivity (Wildman–Crippen MR) is 113 cm³/mol. The van der Waals surface area contributed by atoms with E-state index in [1.807, 2.05) is 37.3 Å². The predicted octanol–water partition coefficient (Wildman–Crippen LogP) is 2.81. The van der Waals surface area contributed by atoms with Crippen LogP contribution in [0, 0.1) is 5.92 Å². The van der Waals surface area contributed by atoms with Crippen molar-refractivity contribution in [1.82, 2.24) is 9.62 Å². The van der Waals surface area contributed by atoms with Crippen LogP contribution >= 0.6 is 0 Å². The highest BCUT2D eigenvalue weighted by atomic mass is 32.2. The highest BCUT2D eigenvalue weighted by molar-refractivity contribution is 7.90. The van der Waals surface area contributed by atoms with Crippen molar-refractivity contribution in [2.24, 2.45) is 5.92 Å². The minimum Gasteiger partial charge on any atom is -0.497 e. The Labute approximate surface area is 177 Å². The quantitative estimate of drug-likeness (QED) is 0.729. The Morgan fingerprint density at radius 1 is 1.10 bits per heavy atom. The van der Waals surface area contributed by atoms with Gasteiger partial charge in [-0.05, 0) is 37.1 Å². The van der Waals surface area contributed by atoms with Crippen molar-refractivity contribution in [3.8, 4) is 5.75 Å². The van der Waals surface area contributed by atoms with E-state index in [1.165, 1.54) is 14.0 Å². The van der Waals surface area contributed by atoms with Crippen LogP contribution in [0.4, 0.5) is 0 Å². The van der Waals surface area contributed by atoms with Gasteiger partial charge in [-0.25, -0.2) is 8.42 Å². The molecule has 0 aliphatic carbocycles. The van der Waals surface area contributed by atoms with E-state index in [-0.39, 0.29) is 24.9 Å². The maximum absolute atomic E-state index is 12.7. The fourth-order valence-electron chi connectivity index (χ4n) is 3.58. The molecule has 3 atom stereocenters. The number of carbonyl (C=O) groups excluding carboxylic acids is 2. The molecule has 0 radical (unpaired) electrons. The maximum Gasteiger partial charge on any atom is 0.241 e. The Balaban J connectivity index is 1.68. The lowest BCUT2D eigenvalue weighted by Gasteiger charge is -2.25. The Kier molecular flexibility index (Phi) is 6.45. The van der Waals surface area contributed by atoms with Gasteiger partial charge in [0.25, 0.3) is 0 Å². The second kappa shape index (κ2) is 8.87. The number of sulfonamides is 1. The van der Waals surface area contributed by atoms with Crippen LogP contribution in [0.25, 0.3) is 0 Å². The van der Waals surface area contributed by atoms with E-state index < -0.39 is 27.1 Å². The fraction of sp³-hybridized carbons (Fsp3) is 0.364. The first-order valence-corrected chi connectivity index (χ1v) is 11.3. The molecule has 1 heterocycles. The van der Waals surface area contributed by atoms with E-state index in [1.54, 1.807) is 29.2 Å². The Bertz CT molecular complexity index is 1020. The summed E-state index contributed by atoms with van der Waals surface area (Å²) in [5.74, 6) is -0.991. The third-order valence-corrected chi connectivity index (χ3v) is 7.24. The summed E-state index contributed by atoms with van der Waals surface area (Å²) in [6, 6.07) is 16.0. The van der Waals surface area contributed by atoms with Gasteiger partial charge in [0.05, 0.1) is 19.1 Å². The van der Waals surface area contributed by atoms with Crippen molar-refractivity contribution in [1.29, 1.82) is 0 Å². The lowest BCUT2D eigenvalue weighted by Crippen LogP contribution is -2.39. The molecule has 2 aromatic rings. The molecule has 1 N–H and O–H groups in total. The maximum atomic E-state index is 12.7. The number of nitrogens with zero attached hydrogens (tertiary/aromatic N) is 1. The second-order valence-electron chi connectivity index (χ2n) is 7.46. The van der Waals surface area contributed by atoms with Gasteiger partial charge >= 0.3 is 0 Å². The van der Waals surface area contributed by atoms with E-state index in [2.05, 4.69) is 4.72 Å². The first kappa shape index (κ1) is 21.8. The molecule has 7 nitrogen and oxygen atoms in total. The number of hydrogen-bond donors (Lipinski definition) is 1. The first-order valence-electron chi connectivity index (χ1n) is 9.76. The second-order valence-corrected chi connectivity index (χ2v) is 9.47. The van der Waals surface area contributed by atoms with Crippen LogP contribution in [0.2, 0.25) is 0 Å². The summed E-state index contributed by atoms with van der Waals surface area (Å²) < 4.78 is 32.8. The van der Waals surface area contributed by atoms with Crippen molar-refractivity contribution >= 4 is 21.8 Å². The van der Waals surface area contributed by atoms with Crippen LogP contribution in [0.3, 0.4) is 0 Å². The van der Waals surface area contributed by atoms with Gasteiger partial charge in [-0.15, -0.1) is 0 Å². The average Bonchev–Trinajstić information content (AvgIpc) is 3.14. The topological polar surface area (TPSA) is 92.8 Å². The van der Waals surface area contributed by atoms with E-state index in [9.17, 15) is 18.0 Å². The summed E-state index contributed by atoms with van der Waals surface area (Å²) in [5, 5.41) is -0.951. The summed E-state index contributed by atoms with van der Waals surface area (Å²) in [7, 11) is -2.47. The molecule has 1 aliphatic heterocycles. The molecule has 160 valence electrons. The molecule has 2 aromatic carbocycles. The number of hydrogen-bond acceptors (Lipinski definition) is 5. The molecule has 8 heteroatoms. The molecule has 2 amide bonds. The standard InChI is InChI=1S/C22H26N2O5S/c1-15(17-8-5-4-6-9-17)24-14-19(13-21(24)25)22(26)23-30(27,28)16(2)18-10-7-11-20(12-18)29-3/h4-12,15-16,19H,13-14H2,1-3H3,(H,23,26). The van der Waals surface area contributed by atoms with Gasteiger partial charge in [0.1, 0.15) is 11.0 Å². The molecule has 0 aromatic heterocycles. The smallest absolute Gasteiger partial charge is 0.241 e. The summed E-state index contributed by atoms with van der Waals surface area (Å²) in [6.07, 6.45) is -0.00787. The SMILES string of the molecule is COc1cccc(C(C)S(=O)(=O)NC(=O)C2CC(=O)N(C(C)c3ccccc3)C2)c1. The normalized spacial score (nSPS) is 18.7. The Morgan fingerprint density at radius 3 is 2.43 bits per heavy atom. The molecule has 0 bridgehead atoms. The molecule has 3 rings (SSSR count). The van der Waals surface area contributed by atoms with Crippen LogP contribution in [0.1, 0.15) is 42.7 Å². The van der Waals surface area contributed by atoms with E-state index in [0.29, 0.717) is 11.3 Å². The minimum atomic E-state index is -3.97. The largest absolute Gasteiger partial charge is 0.497 e. The highest BCUT2D eigenvalue weighted by Crippen LogP contribution is 2.29. The summed E-state index contributed by atoms with van der Waals surface area (Å²) in [5.41, 5.74) is 1.47. The molecule has 1 aliphatic rings. The molecule has 0 spiro atoms. The van der Waals surface area contributed by atoms with Gasteiger partial charge in [-0.2, -0.15) is 0 Å². The molecular weight excluding hydrogens is 404 g/mol. The van der Waals surface area contributed by atoms with Gasteiger partial charge < -0.3 is 9.64 Å². The molecule has 1 saturated heterocycles. The lowest BCUT2D eigenvalue weighted by molar-refractivity contribution is -0.130. The fourth-order valence-corrected chi connectivity index (χ4v) is 4.71. The number of benzene rings is 2. The Morgan fingerprint density at radius 2 is 1.77 bits per heavy atom. The third-order valence-electron chi connectivity index (χ3n) is 5.55. The highest BCUT2D eigenvalue weighted by Gasteiger charge is 2.39. The van der Waals surface area contributed by atoms with Crippen molar-refractivity contribution in [2.75, 3.05) is 13.7 Å². The summed E-state index contributed by atoms with van der Waals surface area (Å²) in [6.45, 7) is 3.59. The number of likely N-dealkylation sites (tertiary alicyclic amines) is 1. The van der Waals surface area contributed by atoms with Crippen molar-refractivity contribution in [3.63, 3.8) is 0 Å². The monoisotopic (exact) mass is 430 g/mol. The van der Waals surface area contributed by atoms with Crippen LogP contribution in [0.15, 0.2) is 54.6 Å². The van der Waals surface area contributed by atoms with Gasteiger partial charge in [0.2, 0.25) is 21.8 Å². The zero-order valence-electron chi connectivity index (χ0n) is 17.2. The summed E-state index contributed by atoms with van der Waals surface area (Å²) in [4.78, 5) is 26.8. The number of amides is 2. The number of carbonyl (C=O) groups is 2. The van der Waals surface area contributed by atoms with Crippen LogP contribution < -0.4 is 9.46 Å². The van der Waals surface area contributed by atoms with Crippen LogP contribution in [-0.4, -0.2) is 38.8 Å². The van der Waals surface area contributed by atoms with Gasteiger partial charge in [-0.1, -0.05) is 42.5 Å². The van der Waals surface area contributed by atoms with Gasteiger partial charge in [0, 0.05) is 13.0 Å². The van der Waals surface area contributed by atoms with Crippen molar-refractivity contribution in [3.05, 3.63) is 65.7 Å². The first-order chi connectivity index (χ1) is 14.2. The zero-order chi connectivity index (χ0) is 21.9. The van der Waals surface area contributed by atoms with Crippen LogP contribution in [-0.2, 0) is 19.6 Å². The molecule has 30 heavy (non-hydrogen) atoms. The molecule has 3 unspecified atom stereocenters. The molecular formula is C22H26N2O5S. The van der Waals surface area contributed by atoms with Crippen molar-refractivity contribution < 1.29 is 22.7 Å². The summed E-state index contributed by atoms with van der Waals surface area (Å²) >= 11 is 0. The van der Waals surface area contributed by atoms with E-state index >= 15 is 0 Å². The van der Waals surface area contributed by atoms with E-state index in [0.717, 1.165) is 5.56 Å². The number of methoxy groups -OCH3 is 1. The molecule has 1 fully saturated rings. The third kappa shape index (κ3) is 4.64. The number of ether oxygens (including phenoxy) is 1. The van der Waals surface area contributed by atoms with Crippen molar-refractivity contribution in [2.45, 2.75) is 31.6 Å².